The minimum atomic E-state index is -0.523. The van der Waals surface area contributed by atoms with Crippen LogP contribution in [0.4, 0.5) is 10.4 Å². The molecular weight excluding hydrogens is 343 g/mol. The summed E-state index contributed by atoms with van der Waals surface area (Å²) in [6.07, 6.45) is 7.13. The average molecular weight is 366 g/mol. The maximum atomic E-state index is 13.7. The fourth-order valence-corrected chi connectivity index (χ4v) is 4.08. The van der Waals surface area contributed by atoms with Gasteiger partial charge in [0.25, 0.3) is 5.89 Å². The number of aryl methyl sites for hydroxylation is 1. The van der Waals surface area contributed by atoms with Crippen molar-refractivity contribution in [2.45, 2.75) is 64.1 Å². The Morgan fingerprint density at radius 1 is 1.11 bits per heavy atom. The smallest absolute Gasteiger partial charge is 0.316 e. The minimum absolute atomic E-state index is 0.372. The van der Waals surface area contributed by atoms with Crippen molar-refractivity contribution in [3.8, 4) is 11.6 Å². The van der Waals surface area contributed by atoms with Gasteiger partial charge in [0.05, 0.1) is 5.52 Å². The number of nitrogens with zero attached hydrogens (tertiary/aromatic N) is 3. The van der Waals surface area contributed by atoms with E-state index < -0.39 is 6.67 Å². The van der Waals surface area contributed by atoms with E-state index in [1.807, 2.05) is 19.1 Å². The molecule has 6 heteroatoms. The summed E-state index contributed by atoms with van der Waals surface area (Å²) in [5.41, 5.74) is 4.22. The summed E-state index contributed by atoms with van der Waals surface area (Å²) in [6.45, 7) is 1.51. The highest BCUT2D eigenvalue weighted by Gasteiger charge is 2.25. The predicted octanol–water partition coefficient (Wildman–Crippen LogP) is 5.29. The fourth-order valence-electron chi connectivity index (χ4n) is 4.08. The van der Waals surface area contributed by atoms with Gasteiger partial charge in [-0.1, -0.05) is 24.0 Å². The average Bonchev–Trinajstić information content (AvgIpc) is 3.21. The van der Waals surface area contributed by atoms with Gasteiger partial charge in [-0.25, -0.2) is 9.37 Å². The molecule has 0 spiro atoms. The molecule has 2 saturated carbocycles. The van der Waals surface area contributed by atoms with Crippen LogP contribution in [-0.4, -0.2) is 21.2 Å². The largest absolute Gasteiger partial charge is 0.402 e. The zero-order valence-corrected chi connectivity index (χ0v) is 15.5. The maximum Gasteiger partial charge on any atom is 0.316 e. The van der Waals surface area contributed by atoms with Gasteiger partial charge in [-0.15, -0.1) is 5.10 Å². The van der Waals surface area contributed by atoms with Crippen molar-refractivity contribution < 1.29 is 8.81 Å². The van der Waals surface area contributed by atoms with E-state index in [1.165, 1.54) is 31.2 Å². The SMILES string of the molecule is Cc1cc(-c2nnc(NC3CCCC3)o2)nc2c(CF)cc(C3CC3)cc12. The predicted molar refractivity (Wildman–Crippen MR) is 102 cm³/mol. The standard InChI is InChI=1S/C21H23FN4O/c1-12-8-18(20-25-26-21(27-20)23-16-4-2-3-5-16)24-19-15(11-22)9-14(10-17(12)19)13-6-7-13/h8-10,13,16H,2-7,11H2,1H3,(H,23,26). The van der Waals surface area contributed by atoms with E-state index >= 15 is 0 Å². The van der Waals surface area contributed by atoms with Crippen molar-refractivity contribution in [3.63, 3.8) is 0 Å². The zero-order valence-electron chi connectivity index (χ0n) is 15.5. The highest BCUT2D eigenvalue weighted by atomic mass is 19.1. The number of nitrogens with one attached hydrogen (secondary N) is 1. The number of hydrogen-bond donors (Lipinski definition) is 1. The van der Waals surface area contributed by atoms with Gasteiger partial charge in [0.1, 0.15) is 12.4 Å². The summed E-state index contributed by atoms with van der Waals surface area (Å²) in [6, 6.07) is 6.93. The zero-order chi connectivity index (χ0) is 18.4. The number of aromatic nitrogens is 3. The van der Waals surface area contributed by atoms with E-state index in [4.69, 9.17) is 4.42 Å². The number of halogens is 1. The molecule has 5 nitrogen and oxygen atoms in total. The highest BCUT2D eigenvalue weighted by molar-refractivity contribution is 5.87. The molecule has 2 fully saturated rings. The van der Waals surface area contributed by atoms with E-state index in [0.717, 1.165) is 23.8 Å². The maximum absolute atomic E-state index is 13.7. The Balaban J connectivity index is 1.52. The Morgan fingerprint density at radius 3 is 2.67 bits per heavy atom. The van der Waals surface area contributed by atoms with E-state index in [2.05, 4.69) is 26.6 Å². The van der Waals surface area contributed by atoms with Crippen LogP contribution in [0.3, 0.4) is 0 Å². The summed E-state index contributed by atoms with van der Waals surface area (Å²) in [5, 5.41) is 12.6. The van der Waals surface area contributed by atoms with Crippen LogP contribution in [0.5, 0.6) is 0 Å². The van der Waals surface area contributed by atoms with Crippen molar-refractivity contribution >= 4 is 16.9 Å². The molecule has 0 atom stereocenters. The number of pyridine rings is 1. The molecule has 140 valence electrons. The lowest BCUT2D eigenvalue weighted by Gasteiger charge is -2.10. The molecule has 1 N–H and O–H groups in total. The van der Waals surface area contributed by atoms with Crippen molar-refractivity contribution in [3.05, 3.63) is 34.9 Å². The van der Waals surface area contributed by atoms with Gasteiger partial charge in [0.2, 0.25) is 0 Å². The van der Waals surface area contributed by atoms with E-state index in [0.29, 0.717) is 40.6 Å². The first-order valence-electron chi connectivity index (χ1n) is 9.82. The normalized spacial score (nSPS) is 17.7. The van der Waals surface area contributed by atoms with Crippen molar-refractivity contribution in [1.82, 2.24) is 15.2 Å². The molecule has 0 amide bonds. The molecule has 27 heavy (non-hydrogen) atoms. The van der Waals surface area contributed by atoms with Crippen LogP contribution < -0.4 is 5.32 Å². The lowest BCUT2D eigenvalue weighted by Crippen LogP contribution is -2.14. The summed E-state index contributed by atoms with van der Waals surface area (Å²) in [4.78, 5) is 4.68. The molecule has 2 aliphatic rings. The molecule has 3 aromatic rings. The van der Waals surface area contributed by atoms with Gasteiger partial charge < -0.3 is 9.73 Å². The van der Waals surface area contributed by atoms with Gasteiger partial charge in [0, 0.05) is 17.0 Å². The second-order valence-electron chi connectivity index (χ2n) is 7.85. The van der Waals surface area contributed by atoms with Gasteiger partial charge >= 0.3 is 6.01 Å². The first-order chi connectivity index (χ1) is 13.2. The number of hydrogen-bond acceptors (Lipinski definition) is 5. The van der Waals surface area contributed by atoms with Gasteiger partial charge in [0.15, 0.2) is 0 Å². The van der Waals surface area contributed by atoms with E-state index in [1.54, 1.807) is 0 Å². The molecule has 2 aliphatic carbocycles. The van der Waals surface area contributed by atoms with Crippen molar-refractivity contribution in [2.75, 3.05) is 5.32 Å². The van der Waals surface area contributed by atoms with Crippen molar-refractivity contribution in [2.24, 2.45) is 0 Å². The summed E-state index contributed by atoms with van der Waals surface area (Å²) >= 11 is 0. The van der Waals surface area contributed by atoms with Gasteiger partial charge in [-0.05, 0) is 61.8 Å². The first kappa shape index (κ1) is 16.7. The van der Waals surface area contributed by atoms with E-state index in [9.17, 15) is 4.39 Å². The third kappa shape index (κ3) is 3.17. The second kappa shape index (κ2) is 6.59. The van der Waals surface area contributed by atoms with Gasteiger partial charge in [-0.2, -0.15) is 0 Å². The third-order valence-corrected chi connectivity index (χ3v) is 5.74. The number of rotatable bonds is 5. The monoisotopic (exact) mass is 366 g/mol. The summed E-state index contributed by atoms with van der Waals surface area (Å²) < 4.78 is 19.5. The lowest BCUT2D eigenvalue weighted by atomic mass is 9.99. The molecule has 1 aromatic carbocycles. The van der Waals surface area contributed by atoms with Crippen LogP contribution in [0.25, 0.3) is 22.5 Å². The van der Waals surface area contributed by atoms with Crippen LogP contribution in [0.1, 0.15) is 61.1 Å². The second-order valence-corrected chi connectivity index (χ2v) is 7.85. The molecular formula is C21H23FN4O. The number of benzene rings is 1. The fraction of sp³-hybridized carbons (Fsp3) is 0.476. The molecule has 5 rings (SSSR count). The van der Waals surface area contributed by atoms with Crippen LogP contribution in [0, 0.1) is 6.92 Å². The number of anilines is 1. The Morgan fingerprint density at radius 2 is 1.93 bits per heavy atom. The molecule has 0 radical (unpaired) electrons. The molecule has 0 aliphatic heterocycles. The Bertz CT molecular complexity index is 989. The topological polar surface area (TPSA) is 63.8 Å². The quantitative estimate of drug-likeness (QED) is 0.664. The lowest BCUT2D eigenvalue weighted by molar-refractivity contribution is 0.487. The van der Waals surface area contributed by atoms with Crippen LogP contribution in [0.15, 0.2) is 22.6 Å². The highest BCUT2D eigenvalue weighted by Crippen LogP contribution is 2.42. The Kier molecular flexibility index (Phi) is 4.06. The summed E-state index contributed by atoms with van der Waals surface area (Å²) in [7, 11) is 0. The molecule has 0 saturated heterocycles. The third-order valence-electron chi connectivity index (χ3n) is 5.74. The van der Waals surface area contributed by atoms with Crippen LogP contribution in [-0.2, 0) is 6.67 Å². The molecule has 0 bridgehead atoms. The van der Waals surface area contributed by atoms with Gasteiger partial charge in [-0.3, -0.25) is 0 Å². The number of fused-ring (bicyclic) bond motifs is 1. The Labute approximate surface area is 157 Å². The first-order valence-corrected chi connectivity index (χ1v) is 9.82. The number of alkyl halides is 1. The molecule has 2 aromatic heterocycles. The van der Waals surface area contributed by atoms with E-state index in [-0.39, 0.29) is 0 Å². The minimum Gasteiger partial charge on any atom is -0.402 e. The summed E-state index contributed by atoms with van der Waals surface area (Å²) in [5.74, 6) is 0.954. The molecule has 2 heterocycles. The Hall–Kier alpha value is -2.50. The van der Waals surface area contributed by atoms with Crippen LogP contribution >= 0.6 is 0 Å². The van der Waals surface area contributed by atoms with Crippen LogP contribution in [0.2, 0.25) is 0 Å². The van der Waals surface area contributed by atoms with Crippen molar-refractivity contribution in [1.29, 1.82) is 0 Å². The molecule has 0 unspecified atom stereocenters.